The predicted molar refractivity (Wildman–Crippen MR) is 164 cm³/mol. The molecule has 0 radical (unpaired) electrons. The summed E-state index contributed by atoms with van der Waals surface area (Å²) in [5.74, 6) is -0.417. The van der Waals surface area contributed by atoms with Crippen molar-refractivity contribution in [3.8, 4) is 11.3 Å². The van der Waals surface area contributed by atoms with Crippen LogP contribution in [0.3, 0.4) is 0 Å². The molecule has 1 aromatic heterocycles. The summed E-state index contributed by atoms with van der Waals surface area (Å²) in [5, 5.41) is 0. The van der Waals surface area contributed by atoms with Gasteiger partial charge in [-0.05, 0) is 49.8 Å². The molecule has 1 heterocycles. The molecule has 0 saturated carbocycles. The zero-order chi connectivity index (χ0) is 28.9. The van der Waals surface area contributed by atoms with Gasteiger partial charge in [0.2, 0.25) is 0 Å². The van der Waals surface area contributed by atoms with Crippen LogP contribution < -0.4 is 5.56 Å². The number of hydrogen-bond donors (Lipinski definition) is 0. The molecule has 4 rings (SSSR count). The van der Waals surface area contributed by atoms with Crippen LogP contribution in [0.1, 0.15) is 62.4 Å². The zero-order valence-electron chi connectivity index (χ0n) is 24.3. The number of nitrogens with zero attached hydrogens (tertiary/aromatic N) is 2. The van der Waals surface area contributed by atoms with Gasteiger partial charge in [-0.3, -0.25) is 9.36 Å². The van der Waals surface area contributed by atoms with E-state index in [1.807, 2.05) is 105 Å². The lowest BCUT2D eigenvalue weighted by atomic mass is 9.87. The normalized spacial score (nSPS) is 12.1. The maximum Gasteiger partial charge on any atom is 0.329 e. The number of carbonyl (C=O) groups excluding carboxylic acids is 1. The van der Waals surface area contributed by atoms with Crippen LogP contribution in [-0.2, 0) is 9.53 Å². The molecule has 0 N–H and O–H groups in total. The van der Waals surface area contributed by atoms with Crippen LogP contribution in [0.4, 0.5) is 5.69 Å². The lowest BCUT2D eigenvalue weighted by Gasteiger charge is -2.29. The lowest BCUT2D eigenvalue weighted by molar-refractivity contribution is -0.148. The highest BCUT2D eigenvalue weighted by molar-refractivity contribution is 6.13. The number of rotatable bonds is 8. The van der Waals surface area contributed by atoms with Gasteiger partial charge in [0.15, 0.2) is 0 Å². The molecule has 0 aliphatic carbocycles. The minimum Gasteiger partial charge on any atom is -0.464 e. The number of aliphatic imine (C=N–C) groups is 1. The van der Waals surface area contributed by atoms with Gasteiger partial charge in [0.1, 0.15) is 11.7 Å². The van der Waals surface area contributed by atoms with E-state index in [1.54, 1.807) is 11.5 Å². The third-order valence-electron chi connectivity index (χ3n) is 6.73. The molecule has 3 aromatic carbocycles. The van der Waals surface area contributed by atoms with Gasteiger partial charge in [-0.2, -0.15) is 0 Å². The highest BCUT2D eigenvalue weighted by atomic mass is 16.5. The molecule has 0 aliphatic rings. The number of aryl methyl sites for hydroxylation is 2. The van der Waals surface area contributed by atoms with Gasteiger partial charge in [-0.1, -0.05) is 111 Å². The minimum absolute atomic E-state index is 0.233. The Hall–Kier alpha value is -4.25. The van der Waals surface area contributed by atoms with Gasteiger partial charge in [-0.25, -0.2) is 9.79 Å². The van der Waals surface area contributed by atoms with E-state index in [0.717, 1.165) is 27.8 Å². The van der Waals surface area contributed by atoms with Crippen LogP contribution in [0.5, 0.6) is 0 Å². The molecule has 0 spiro atoms. The van der Waals surface area contributed by atoms with Gasteiger partial charge in [0.25, 0.3) is 5.56 Å². The SMILES string of the molecule is CCOC(=O)C(CC(C)(C)C)n1c(-c2ccc(C)cc2)c(C)cc(N=C(c2ccccc2)c2ccccc2)c1=O. The van der Waals surface area contributed by atoms with Crippen molar-refractivity contribution in [1.82, 2.24) is 4.57 Å². The number of hydrogen-bond acceptors (Lipinski definition) is 4. The summed E-state index contributed by atoms with van der Waals surface area (Å²) in [6, 6.07) is 28.7. The van der Waals surface area contributed by atoms with Crippen molar-refractivity contribution in [2.45, 2.75) is 54.0 Å². The number of benzene rings is 3. The van der Waals surface area contributed by atoms with E-state index in [1.165, 1.54) is 0 Å². The number of esters is 1. The fraction of sp³-hybridized carbons (Fsp3) is 0.286. The fourth-order valence-electron chi connectivity index (χ4n) is 4.91. The van der Waals surface area contributed by atoms with Crippen molar-refractivity contribution in [3.05, 3.63) is 124 Å². The first-order chi connectivity index (χ1) is 19.1. The largest absolute Gasteiger partial charge is 0.464 e. The Kier molecular flexibility index (Phi) is 8.83. The third-order valence-corrected chi connectivity index (χ3v) is 6.73. The van der Waals surface area contributed by atoms with E-state index < -0.39 is 12.0 Å². The summed E-state index contributed by atoms with van der Waals surface area (Å²) in [5.41, 5.74) is 5.73. The van der Waals surface area contributed by atoms with Crippen molar-refractivity contribution >= 4 is 17.4 Å². The molecule has 40 heavy (non-hydrogen) atoms. The van der Waals surface area contributed by atoms with Gasteiger partial charge in [0.05, 0.1) is 18.0 Å². The van der Waals surface area contributed by atoms with E-state index in [-0.39, 0.29) is 23.3 Å². The van der Waals surface area contributed by atoms with Crippen molar-refractivity contribution in [2.24, 2.45) is 10.4 Å². The van der Waals surface area contributed by atoms with Crippen LogP contribution in [0.2, 0.25) is 0 Å². The molecular formula is C35H38N2O3. The Bertz CT molecular complexity index is 1500. The fourth-order valence-corrected chi connectivity index (χ4v) is 4.91. The van der Waals surface area contributed by atoms with Crippen LogP contribution in [0, 0.1) is 19.3 Å². The van der Waals surface area contributed by atoms with Gasteiger partial charge in [0, 0.05) is 11.1 Å². The molecule has 0 amide bonds. The van der Waals surface area contributed by atoms with Crippen LogP contribution >= 0.6 is 0 Å². The highest BCUT2D eigenvalue weighted by Crippen LogP contribution is 2.34. The first kappa shape index (κ1) is 28.8. The number of carbonyl (C=O) groups is 1. The zero-order valence-corrected chi connectivity index (χ0v) is 24.3. The first-order valence-corrected chi connectivity index (χ1v) is 13.8. The van der Waals surface area contributed by atoms with E-state index in [2.05, 4.69) is 20.8 Å². The molecule has 0 saturated heterocycles. The second kappa shape index (κ2) is 12.3. The minimum atomic E-state index is -0.811. The molecule has 1 unspecified atom stereocenters. The average Bonchev–Trinajstić information content (AvgIpc) is 2.93. The van der Waals surface area contributed by atoms with E-state index in [9.17, 15) is 9.59 Å². The quantitative estimate of drug-likeness (QED) is 0.171. The third kappa shape index (κ3) is 6.66. The molecule has 0 bridgehead atoms. The van der Waals surface area contributed by atoms with E-state index >= 15 is 0 Å². The second-order valence-electron chi connectivity index (χ2n) is 11.3. The second-order valence-corrected chi connectivity index (χ2v) is 11.3. The molecule has 5 heteroatoms. The molecule has 0 aliphatic heterocycles. The summed E-state index contributed by atoms with van der Waals surface area (Å²) in [7, 11) is 0. The van der Waals surface area contributed by atoms with Gasteiger partial charge >= 0.3 is 5.97 Å². The van der Waals surface area contributed by atoms with Crippen LogP contribution in [-0.4, -0.2) is 22.9 Å². The maximum absolute atomic E-state index is 14.5. The van der Waals surface area contributed by atoms with Crippen molar-refractivity contribution in [1.29, 1.82) is 0 Å². The number of ether oxygens (including phenoxy) is 1. The number of pyridine rings is 1. The maximum atomic E-state index is 14.5. The van der Waals surface area contributed by atoms with Crippen molar-refractivity contribution in [3.63, 3.8) is 0 Å². The molecule has 5 nitrogen and oxygen atoms in total. The Morgan fingerprint density at radius 1 is 0.875 bits per heavy atom. The summed E-state index contributed by atoms with van der Waals surface area (Å²) in [4.78, 5) is 32.9. The lowest BCUT2D eigenvalue weighted by Crippen LogP contribution is -2.35. The van der Waals surface area contributed by atoms with Gasteiger partial charge in [-0.15, -0.1) is 0 Å². The predicted octanol–water partition coefficient (Wildman–Crippen LogP) is 7.84. The van der Waals surface area contributed by atoms with Crippen LogP contribution in [0.25, 0.3) is 11.3 Å². The molecule has 4 aromatic rings. The van der Waals surface area contributed by atoms with E-state index in [0.29, 0.717) is 17.8 Å². The summed E-state index contributed by atoms with van der Waals surface area (Å²) < 4.78 is 7.16. The molecular weight excluding hydrogens is 496 g/mol. The van der Waals surface area contributed by atoms with E-state index in [4.69, 9.17) is 9.73 Å². The average molecular weight is 535 g/mol. The number of aromatic nitrogens is 1. The Balaban J connectivity index is 2.05. The first-order valence-electron chi connectivity index (χ1n) is 13.8. The molecule has 1 atom stereocenters. The Morgan fingerprint density at radius 2 is 1.43 bits per heavy atom. The van der Waals surface area contributed by atoms with Crippen molar-refractivity contribution in [2.75, 3.05) is 6.61 Å². The standard InChI is InChI=1S/C35H38N2O3/c1-7-40-34(39)30(23-35(4,5)6)37-32(28-20-18-24(2)19-21-28)25(3)22-29(33(37)38)36-31(26-14-10-8-11-15-26)27-16-12-9-13-17-27/h8-22,30H,7,23H2,1-6H3. The van der Waals surface area contributed by atoms with Gasteiger partial charge < -0.3 is 4.74 Å². The topological polar surface area (TPSA) is 60.7 Å². The summed E-state index contributed by atoms with van der Waals surface area (Å²) in [6.07, 6.45) is 0.432. The summed E-state index contributed by atoms with van der Waals surface area (Å²) >= 11 is 0. The smallest absolute Gasteiger partial charge is 0.329 e. The van der Waals surface area contributed by atoms with Crippen LogP contribution in [0.15, 0.2) is 101 Å². The molecule has 206 valence electrons. The van der Waals surface area contributed by atoms with Crippen molar-refractivity contribution < 1.29 is 9.53 Å². The Morgan fingerprint density at radius 3 is 1.93 bits per heavy atom. The molecule has 0 fully saturated rings. The Labute approximate surface area is 237 Å². The summed E-state index contributed by atoms with van der Waals surface area (Å²) in [6.45, 7) is 12.2. The highest BCUT2D eigenvalue weighted by Gasteiger charge is 2.32. The monoisotopic (exact) mass is 534 g/mol.